The molecule has 3 aromatic rings. The molecule has 0 fully saturated rings. The van der Waals surface area contributed by atoms with E-state index in [0.29, 0.717) is 22.6 Å². The van der Waals surface area contributed by atoms with Crippen LogP contribution in [0.2, 0.25) is 0 Å². The van der Waals surface area contributed by atoms with Crippen molar-refractivity contribution in [2.24, 2.45) is 0 Å². The molecule has 1 heterocycles. The Morgan fingerprint density at radius 1 is 1.17 bits per heavy atom. The van der Waals surface area contributed by atoms with Gasteiger partial charge in [0, 0.05) is 23.2 Å². The number of nitrogens with one attached hydrogen (secondary N) is 1. The van der Waals surface area contributed by atoms with Gasteiger partial charge in [0.05, 0.1) is 10.5 Å². The van der Waals surface area contributed by atoms with E-state index in [2.05, 4.69) is 19.2 Å². The Morgan fingerprint density at radius 2 is 1.88 bits per heavy atom. The normalized spacial score (nSPS) is 11.0. The molecule has 0 atom stereocenters. The van der Waals surface area contributed by atoms with E-state index in [0.717, 1.165) is 0 Å². The summed E-state index contributed by atoms with van der Waals surface area (Å²) in [5.74, 6) is 0.0414. The lowest BCUT2D eigenvalue weighted by molar-refractivity contribution is -0.384. The number of furan rings is 1. The van der Waals surface area contributed by atoms with Crippen molar-refractivity contribution in [2.45, 2.75) is 19.8 Å². The minimum Gasteiger partial charge on any atom is -0.463 e. The number of fused-ring (bicyclic) bond motifs is 1. The molecule has 0 radical (unpaired) electrons. The summed E-state index contributed by atoms with van der Waals surface area (Å²) in [6.45, 7) is 4.19. The second kappa shape index (κ2) is 6.16. The van der Waals surface area contributed by atoms with Crippen LogP contribution in [-0.4, -0.2) is 10.8 Å². The van der Waals surface area contributed by atoms with E-state index in [9.17, 15) is 14.9 Å². The van der Waals surface area contributed by atoms with Gasteiger partial charge < -0.3 is 9.73 Å². The Kier molecular flexibility index (Phi) is 4.04. The van der Waals surface area contributed by atoms with Gasteiger partial charge in [-0.15, -0.1) is 0 Å². The van der Waals surface area contributed by atoms with Gasteiger partial charge in [0.1, 0.15) is 11.8 Å². The van der Waals surface area contributed by atoms with Crippen molar-refractivity contribution >= 4 is 28.3 Å². The molecule has 24 heavy (non-hydrogen) atoms. The second-order valence-electron chi connectivity index (χ2n) is 5.82. The van der Waals surface area contributed by atoms with Crippen LogP contribution in [0.4, 0.5) is 11.4 Å². The Balaban J connectivity index is 1.88. The number of benzene rings is 2. The molecular formula is C18H16N2O4. The van der Waals surface area contributed by atoms with Crippen LogP contribution in [0.1, 0.15) is 35.7 Å². The molecular weight excluding hydrogens is 308 g/mol. The number of carbonyl (C=O) groups excluding carboxylic acids is 1. The Labute approximate surface area is 138 Å². The topological polar surface area (TPSA) is 85.4 Å². The van der Waals surface area contributed by atoms with E-state index in [4.69, 9.17) is 4.42 Å². The third kappa shape index (κ3) is 2.99. The van der Waals surface area contributed by atoms with Gasteiger partial charge in [-0.1, -0.05) is 26.0 Å². The fourth-order valence-corrected chi connectivity index (χ4v) is 2.46. The quantitative estimate of drug-likeness (QED) is 0.556. The first-order chi connectivity index (χ1) is 11.5. The SMILES string of the molecule is CC(C)c1ccc(NC(=O)c2coc3ccc([N+](=O)[O-])cc23)cc1. The van der Waals surface area contributed by atoms with Gasteiger partial charge in [-0.2, -0.15) is 0 Å². The molecule has 0 aliphatic carbocycles. The minimum atomic E-state index is -0.501. The van der Waals surface area contributed by atoms with E-state index in [1.54, 1.807) is 0 Å². The number of amides is 1. The van der Waals surface area contributed by atoms with Crippen molar-refractivity contribution in [3.05, 3.63) is 70.0 Å². The lowest BCUT2D eigenvalue weighted by Crippen LogP contribution is -2.11. The molecule has 0 aliphatic heterocycles. The van der Waals surface area contributed by atoms with E-state index in [1.165, 1.54) is 30.0 Å². The van der Waals surface area contributed by atoms with Crippen molar-refractivity contribution in [3.8, 4) is 0 Å². The van der Waals surface area contributed by atoms with Gasteiger partial charge >= 0.3 is 0 Å². The molecule has 1 aromatic heterocycles. The summed E-state index contributed by atoms with van der Waals surface area (Å²) in [4.78, 5) is 22.8. The predicted octanol–water partition coefficient (Wildman–Crippen LogP) is 4.72. The summed E-state index contributed by atoms with van der Waals surface area (Å²) < 4.78 is 5.31. The molecule has 122 valence electrons. The first-order valence-corrected chi connectivity index (χ1v) is 7.52. The first kappa shape index (κ1) is 15.7. The zero-order valence-electron chi connectivity index (χ0n) is 13.3. The number of hydrogen-bond donors (Lipinski definition) is 1. The highest BCUT2D eigenvalue weighted by Gasteiger charge is 2.17. The van der Waals surface area contributed by atoms with Crippen molar-refractivity contribution in [1.82, 2.24) is 0 Å². The number of nitro groups is 1. The number of nitro benzene ring substituents is 1. The smallest absolute Gasteiger partial charge is 0.270 e. The zero-order valence-corrected chi connectivity index (χ0v) is 13.3. The fourth-order valence-electron chi connectivity index (χ4n) is 2.46. The van der Waals surface area contributed by atoms with Crippen molar-refractivity contribution < 1.29 is 14.1 Å². The summed E-state index contributed by atoms with van der Waals surface area (Å²) in [5.41, 5.74) is 2.45. The maximum absolute atomic E-state index is 12.4. The molecule has 6 heteroatoms. The average molecular weight is 324 g/mol. The van der Waals surface area contributed by atoms with Crippen LogP contribution in [0, 0.1) is 10.1 Å². The molecule has 0 saturated heterocycles. The van der Waals surface area contributed by atoms with E-state index < -0.39 is 4.92 Å². The van der Waals surface area contributed by atoms with Gasteiger partial charge in [0.15, 0.2) is 0 Å². The Hall–Kier alpha value is -3.15. The van der Waals surface area contributed by atoms with Crippen LogP contribution in [-0.2, 0) is 0 Å². The Morgan fingerprint density at radius 3 is 2.50 bits per heavy atom. The van der Waals surface area contributed by atoms with E-state index in [1.807, 2.05) is 24.3 Å². The summed E-state index contributed by atoms with van der Waals surface area (Å²) >= 11 is 0. The third-order valence-electron chi connectivity index (χ3n) is 3.85. The zero-order chi connectivity index (χ0) is 17.3. The van der Waals surface area contributed by atoms with Crippen LogP contribution < -0.4 is 5.32 Å². The van der Waals surface area contributed by atoms with Gasteiger partial charge in [0.25, 0.3) is 11.6 Å². The maximum Gasteiger partial charge on any atom is 0.270 e. The van der Waals surface area contributed by atoms with Gasteiger partial charge in [-0.05, 0) is 29.7 Å². The molecule has 6 nitrogen and oxygen atoms in total. The van der Waals surface area contributed by atoms with Gasteiger partial charge in [-0.3, -0.25) is 14.9 Å². The molecule has 0 unspecified atom stereocenters. The van der Waals surface area contributed by atoms with Gasteiger partial charge in [0.2, 0.25) is 0 Å². The minimum absolute atomic E-state index is 0.0840. The molecule has 0 saturated carbocycles. The summed E-state index contributed by atoms with van der Waals surface area (Å²) in [5, 5.41) is 14.1. The summed E-state index contributed by atoms with van der Waals surface area (Å²) in [7, 11) is 0. The van der Waals surface area contributed by atoms with Crippen molar-refractivity contribution in [2.75, 3.05) is 5.32 Å². The second-order valence-corrected chi connectivity index (χ2v) is 5.82. The molecule has 1 amide bonds. The highest BCUT2D eigenvalue weighted by Crippen LogP contribution is 2.26. The number of anilines is 1. The number of nitrogens with zero attached hydrogens (tertiary/aromatic N) is 1. The van der Waals surface area contributed by atoms with Gasteiger partial charge in [-0.25, -0.2) is 0 Å². The van der Waals surface area contributed by atoms with Crippen LogP contribution >= 0.6 is 0 Å². The van der Waals surface area contributed by atoms with Crippen LogP contribution in [0.3, 0.4) is 0 Å². The maximum atomic E-state index is 12.4. The lowest BCUT2D eigenvalue weighted by Gasteiger charge is -2.08. The number of rotatable bonds is 4. The monoisotopic (exact) mass is 324 g/mol. The molecule has 3 rings (SSSR count). The van der Waals surface area contributed by atoms with Crippen LogP contribution in [0.25, 0.3) is 11.0 Å². The molecule has 0 aliphatic rings. The van der Waals surface area contributed by atoms with E-state index >= 15 is 0 Å². The summed E-state index contributed by atoms with van der Waals surface area (Å²) in [6, 6.07) is 11.8. The molecule has 0 spiro atoms. The van der Waals surface area contributed by atoms with Crippen LogP contribution in [0.5, 0.6) is 0 Å². The number of hydrogen-bond acceptors (Lipinski definition) is 4. The first-order valence-electron chi connectivity index (χ1n) is 7.52. The number of non-ortho nitro benzene ring substituents is 1. The number of carbonyl (C=O) groups is 1. The molecule has 0 bridgehead atoms. The standard InChI is InChI=1S/C18H16N2O4/c1-11(2)12-3-5-13(6-4-12)19-18(21)16-10-24-17-8-7-14(20(22)23)9-15(16)17/h3-11H,1-2H3,(H,19,21). The Bertz CT molecular complexity index is 910. The fraction of sp³-hybridized carbons (Fsp3) is 0.167. The predicted molar refractivity (Wildman–Crippen MR) is 91.4 cm³/mol. The molecule has 2 aromatic carbocycles. The third-order valence-corrected chi connectivity index (χ3v) is 3.85. The van der Waals surface area contributed by atoms with E-state index in [-0.39, 0.29) is 17.2 Å². The lowest BCUT2D eigenvalue weighted by atomic mass is 10.0. The highest BCUT2D eigenvalue weighted by molar-refractivity contribution is 6.12. The highest BCUT2D eigenvalue weighted by atomic mass is 16.6. The summed E-state index contributed by atoms with van der Waals surface area (Å²) in [6.07, 6.45) is 1.31. The average Bonchev–Trinajstić information content (AvgIpc) is 2.98. The van der Waals surface area contributed by atoms with Crippen LogP contribution in [0.15, 0.2) is 53.1 Å². The van der Waals surface area contributed by atoms with Crippen molar-refractivity contribution in [3.63, 3.8) is 0 Å². The molecule has 1 N–H and O–H groups in total. The van der Waals surface area contributed by atoms with Crippen molar-refractivity contribution in [1.29, 1.82) is 0 Å². The largest absolute Gasteiger partial charge is 0.463 e.